The first kappa shape index (κ1) is 38.6. The molecule has 4 rings (SSSR count). The number of rotatable bonds is 15. The van der Waals surface area contributed by atoms with Crippen LogP contribution in [0.1, 0.15) is 84.6 Å². The molecule has 1 aliphatic carbocycles. The van der Waals surface area contributed by atoms with Gasteiger partial charge in [0.2, 0.25) is 11.8 Å². The number of urea groups is 1. The maximum absolute atomic E-state index is 14.1. The highest BCUT2D eigenvalue weighted by Gasteiger charge is 2.35. The van der Waals surface area contributed by atoms with Crippen molar-refractivity contribution in [2.24, 2.45) is 17.8 Å². The van der Waals surface area contributed by atoms with E-state index in [0.29, 0.717) is 44.7 Å². The van der Waals surface area contributed by atoms with Crippen molar-refractivity contribution < 1.29 is 24.6 Å². The van der Waals surface area contributed by atoms with Gasteiger partial charge in [-0.2, -0.15) is 0 Å². The summed E-state index contributed by atoms with van der Waals surface area (Å²) in [5.41, 5.74) is 0.920. The van der Waals surface area contributed by atoms with E-state index < -0.39 is 36.2 Å². The molecule has 1 saturated carbocycles. The predicted molar refractivity (Wildman–Crippen MR) is 195 cm³/mol. The maximum atomic E-state index is 14.1. The molecule has 1 heterocycles. The molecule has 0 bridgehead atoms. The fourth-order valence-corrected chi connectivity index (χ4v) is 7.23. The van der Waals surface area contributed by atoms with E-state index in [4.69, 9.17) is 0 Å². The van der Waals surface area contributed by atoms with Crippen LogP contribution in [0.4, 0.5) is 4.79 Å². The van der Waals surface area contributed by atoms with Crippen molar-refractivity contribution >= 4 is 28.6 Å². The molecular formula is C39H61N5O5. The zero-order chi connectivity index (χ0) is 35.5. The van der Waals surface area contributed by atoms with Crippen LogP contribution < -0.4 is 16.0 Å². The smallest absolute Gasteiger partial charge is 0.318 e. The average Bonchev–Trinajstić information content (AvgIpc) is 3.09. The van der Waals surface area contributed by atoms with E-state index in [0.717, 1.165) is 55.1 Å². The van der Waals surface area contributed by atoms with E-state index in [1.54, 1.807) is 4.90 Å². The first-order valence-electron chi connectivity index (χ1n) is 18.6. The lowest BCUT2D eigenvalue weighted by molar-refractivity contribution is -0.132. The van der Waals surface area contributed by atoms with Crippen LogP contribution in [0.15, 0.2) is 42.5 Å². The van der Waals surface area contributed by atoms with Crippen LogP contribution in [0.3, 0.4) is 0 Å². The first-order chi connectivity index (χ1) is 23.4. The minimum absolute atomic E-state index is 0.149. The Hall–Kier alpha value is -3.21. The number of nitrogens with zero attached hydrogens (tertiary/aromatic N) is 2. The van der Waals surface area contributed by atoms with Crippen LogP contribution in [0.2, 0.25) is 0 Å². The molecule has 6 atom stereocenters. The van der Waals surface area contributed by atoms with Gasteiger partial charge in [-0.05, 0) is 60.4 Å². The summed E-state index contributed by atoms with van der Waals surface area (Å²) in [6.07, 6.45) is 5.08. The number of benzene rings is 2. The van der Waals surface area contributed by atoms with Crippen LogP contribution >= 0.6 is 0 Å². The van der Waals surface area contributed by atoms with E-state index in [1.165, 1.54) is 6.42 Å². The van der Waals surface area contributed by atoms with Gasteiger partial charge in [0, 0.05) is 26.2 Å². The molecule has 2 fully saturated rings. The Morgan fingerprint density at radius 3 is 2.18 bits per heavy atom. The van der Waals surface area contributed by atoms with Gasteiger partial charge in [0.25, 0.3) is 0 Å². The molecule has 49 heavy (non-hydrogen) atoms. The van der Waals surface area contributed by atoms with Gasteiger partial charge in [-0.25, -0.2) is 4.79 Å². The first-order valence-corrected chi connectivity index (χ1v) is 18.6. The van der Waals surface area contributed by atoms with Crippen molar-refractivity contribution in [3.8, 4) is 0 Å². The third-order valence-corrected chi connectivity index (χ3v) is 10.6. The maximum Gasteiger partial charge on any atom is 0.318 e. The standard InChI is InChI=1S/C39H61N5O5/c1-6-27(4)35(42-37(47)33(24-28-12-8-7-9-13-28)41-39(49)44-20-18-43(5)19-21-44)38(48)40-32(36(46)34(45)22-26(2)3)25-29-16-17-30-14-10-11-15-31(30)23-29/h10-11,14-17,23,26-28,32-36,45-46H,6-9,12-13,18-22,24-25H2,1-5H3,(H,40,48)(H,41,49)(H,42,47)/t27-,32-,33-,34-,35-,36+/m0/s1. The number of aliphatic hydroxyl groups excluding tert-OH is 2. The number of carbonyl (C=O) groups excluding carboxylic acids is 3. The molecule has 0 spiro atoms. The molecule has 2 aromatic carbocycles. The largest absolute Gasteiger partial charge is 0.390 e. The molecule has 2 aromatic rings. The molecular weight excluding hydrogens is 618 g/mol. The second kappa shape index (κ2) is 18.7. The third kappa shape index (κ3) is 11.4. The van der Waals surface area contributed by atoms with Crippen LogP contribution in [-0.4, -0.2) is 101 Å². The van der Waals surface area contributed by atoms with Crippen LogP contribution in [-0.2, 0) is 16.0 Å². The molecule has 1 saturated heterocycles. The molecule has 2 aliphatic rings. The Morgan fingerprint density at radius 2 is 1.53 bits per heavy atom. The molecule has 272 valence electrons. The fourth-order valence-electron chi connectivity index (χ4n) is 7.23. The Morgan fingerprint density at radius 1 is 0.857 bits per heavy atom. The van der Waals surface area contributed by atoms with Crippen molar-refractivity contribution in [2.45, 2.75) is 116 Å². The number of carbonyl (C=O) groups is 3. The van der Waals surface area contributed by atoms with Crippen molar-refractivity contribution in [1.29, 1.82) is 0 Å². The fraction of sp³-hybridized carbons (Fsp3) is 0.667. The zero-order valence-electron chi connectivity index (χ0n) is 30.4. The van der Waals surface area contributed by atoms with E-state index in [-0.39, 0.29) is 23.8 Å². The van der Waals surface area contributed by atoms with Crippen LogP contribution in [0.25, 0.3) is 10.8 Å². The number of aliphatic hydroxyl groups is 2. The van der Waals surface area contributed by atoms with E-state index in [2.05, 4.69) is 20.9 Å². The molecule has 10 heteroatoms. The molecule has 0 radical (unpaired) electrons. The van der Waals surface area contributed by atoms with Crippen molar-refractivity contribution in [3.63, 3.8) is 0 Å². The second-order valence-corrected chi connectivity index (χ2v) is 15.1. The Kier molecular flexibility index (Phi) is 14.7. The number of hydrogen-bond donors (Lipinski definition) is 5. The van der Waals surface area contributed by atoms with Gasteiger partial charge in [0.05, 0.1) is 12.1 Å². The summed E-state index contributed by atoms with van der Waals surface area (Å²) in [4.78, 5) is 45.5. The zero-order valence-corrected chi connectivity index (χ0v) is 30.4. The van der Waals surface area contributed by atoms with Crippen molar-refractivity contribution in [3.05, 3.63) is 48.0 Å². The van der Waals surface area contributed by atoms with Crippen molar-refractivity contribution in [1.82, 2.24) is 25.8 Å². The SMILES string of the molecule is CC[C@H](C)[C@H](NC(=O)[C@H](CC1CCCCC1)NC(=O)N1CCN(C)CC1)C(=O)N[C@@H](Cc1ccc2ccccc2c1)[C@@H](O)[C@@H](O)CC(C)C. The lowest BCUT2D eigenvalue weighted by atomic mass is 9.84. The molecule has 5 N–H and O–H groups in total. The second-order valence-electron chi connectivity index (χ2n) is 15.1. The van der Waals surface area contributed by atoms with Gasteiger partial charge in [-0.1, -0.05) is 109 Å². The molecule has 0 aromatic heterocycles. The van der Waals surface area contributed by atoms with E-state index >= 15 is 0 Å². The highest BCUT2D eigenvalue weighted by Crippen LogP contribution is 2.28. The quantitative estimate of drug-likeness (QED) is 0.189. The summed E-state index contributed by atoms with van der Waals surface area (Å²) >= 11 is 0. The van der Waals surface area contributed by atoms with Gasteiger partial charge < -0.3 is 36.0 Å². The summed E-state index contributed by atoms with van der Waals surface area (Å²) in [6, 6.07) is 11.4. The molecule has 10 nitrogen and oxygen atoms in total. The summed E-state index contributed by atoms with van der Waals surface area (Å²) in [6.45, 7) is 10.6. The number of nitrogens with one attached hydrogen (secondary N) is 3. The summed E-state index contributed by atoms with van der Waals surface area (Å²) in [7, 11) is 2.03. The number of hydrogen-bond acceptors (Lipinski definition) is 6. The predicted octanol–water partition coefficient (Wildman–Crippen LogP) is 4.46. The van der Waals surface area contributed by atoms with Gasteiger partial charge >= 0.3 is 6.03 Å². The van der Waals surface area contributed by atoms with Gasteiger partial charge in [-0.3, -0.25) is 9.59 Å². The van der Waals surface area contributed by atoms with Gasteiger partial charge in [0.1, 0.15) is 18.2 Å². The Labute approximate surface area is 293 Å². The summed E-state index contributed by atoms with van der Waals surface area (Å²) in [5, 5.41) is 33.6. The molecule has 0 unspecified atom stereocenters. The lowest BCUT2D eigenvalue weighted by Crippen LogP contribution is -2.60. The average molecular weight is 680 g/mol. The lowest BCUT2D eigenvalue weighted by Gasteiger charge is -2.35. The van der Waals surface area contributed by atoms with E-state index in [9.17, 15) is 24.6 Å². The number of piperazine rings is 1. The van der Waals surface area contributed by atoms with Crippen LogP contribution in [0, 0.1) is 17.8 Å². The molecule has 4 amide bonds. The van der Waals surface area contributed by atoms with Gasteiger partial charge in [0.15, 0.2) is 0 Å². The Bertz CT molecular complexity index is 1360. The van der Waals surface area contributed by atoms with E-state index in [1.807, 2.05) is 77.2 Å². The molecule has 1 aliphatic heterocycles. The van der Waals surface area contributed by atoms with Crippen LogP contribution in [0.5, 0.6) is 0 Å². The monoisotopic (exact) mass is 679 g/mol. The highest BCUT2D eigenvalue weighted by atomic mass is 16.3. The normalized spacial score (nSPS) is 19.9. The number of amides is 4. The minimum atomic E-state index is -1.21. The summed E-state index contributed by atoms with van der Waals surface area (Å²) in [5.74, 6) is -0.509. The number of likely N-dealkylation sites (N-methyl/N-ethyl adjacent to an activating group) is 1. The minimum Gasteiger partial charge on any atom is -0.390 e. The third-order valence-electron chi connectivity index (χ3n) is 10.6. The van der Waals surface area contributed by atoms with Gasteiger partial charge in [-0.15, -0.1) is 0 Å². The van der Waals surface area contributed by atoms with Crippen molar-refractivity contribution in [2.75, 3.05) is 33.2 Å². The Balaban J connectivity index is 1.53. The summed E-state index contributed by atoms with van der Waals surface area (Å²) < 4.78 is 0. The number of fused-ring (bicyclic) bond motifs is 1. The highest BCUT2D eigenvalue weighted by molar-refractivity contribution is 5.92. The topological polar surface area (TPSA) is 134 Å².